The van der Waals surface area contributed by atoms with Gasteiger partial charge in [0.2, 0.25) is 29.5 Å². The number of carbonyl (C=O) groups excluding carboxylic acids is 5. The van der Waals surface area contributed by atoms with Crippen LogP contribution >= 0.6 is 0 Å². The van der Waals surface area contributed by atoms with Crippen molar-refractivity contribution in [2.45, 2.75) is 117 Å². The molecule has 1 saturated heterocycles. The molecule has 1 aliphatic rings. The molecule has 5 amide bonds. The summed E-state index contributed by atoms with van der Waals surface area (Å²) in [5.74, 6) is -5.04. The maximum absolute atomic E-state index is 13.7. The molecule has 8 N–H and O–H groups in total. The fraction of sp³-hybridized carbons (Fsp3) is 0.793. The van der Waals surface area contributed by atoms with Crippen LogP contribution in [0.25, 0.3) is 0 Å². The van der Waals surface area contributed by atoms with Gasteiger partial charge in [-0.2, -0.15) is 0 Å². The van der Waals surface area contributed by atoms with Crippen molar-refractivity contribution in [2.75, 3.05) is 13.1 Å². The number of aliphatic hydroxyl groups is 1. The number of nitrogens with zero attached hydrogens (tertiary/aromatic N) is 1. The summed E-state index contributed by atoms with van der Waals surface area (Å²) in [5.41, 5.74) is 5.59. The molecule has 1 fully saturated rings. The molecule has 1 aliphatic heterocycles. The lowest BCUT2D eigenvalue weighted by molar-refractivity contribution is -0.145. The minimum absolute atomic E-state index is 0.273. The fourth-order valence-corrected chi connectivity index (χ4v) is 4.77. The lowest BCUT2D eigenvalue weighted by atomic mass is 9.95. The number of carboxylic acid groups (broad SMARTS) is 1. The van der Waals surface area contributed by atoms with Crippen LogP contribution in [0, 0.1) is 17.8 Å². The van der Waals surface area contributed by atoms with E-state index in [1.54, 1.807) is 20.8 Å². The van der Waals surface area contributed by atoms with Crippen molar-refractivity contribution in [3.8, 4) is 0 Å². The summed E-state index contributed by atoms with van der Waals surface area (Å²) in [6.07, 6.45) is 1.39. The van der Waals surface area contributed by atoms with Gasteiger partial charge in [0.15, 0.2) is 0 Å². The molecule has 9 atom stereocenters. The van der Waals surface area contributed by atoms with Crippen molar-refractivity contribution in [3.63, 3.8) is 0 Å². The van der Waals surface area contributed by atoms with E-state index in [-0.39, 0.29) is 24.3 Å². The minimum atomic E-state index is -1.21. The summed E-state index contributed by atoms with van der Waals surface area (Å²) in [4.78, 5) is 78.3. The number of hydrogen-bond donors (Lipinski definition) is 7. The van der Waals surface area contributed by atoms with Crippen molar-refractivity contribution in [2.24, 2.45) is 23.5 Å². The first-order valence-electron chi connectivity index (χ1n) is 15.3. The Kier molecular flexibility index (Phi) is 15.6. The quantitative estimate of drug-likeness (QED) is 0.112. The largest absolute Gasteiger partial charge is 0.480 e. The van der Waals surface area contributed by atoms with Gasteiger partial charge in [0.25, 0.3) is 0 Å². The van der Waals surface area contributed by atoms with Crippen molar-refractivity contribution < 1.29 is 39.0 Å². The molecule has 246 valence electrons. The zero-order valence-electron chi connectivity index (χ0n) is 26.5. The zero-order valence-corrected chi connectivity index (χ0v) is 26.5. The van der Waals surface area contributed by atoms with Gasteiger partial charge >= 0.3 is 5.97 Å². The highest BCUT2D eigenvalue weighted by atomic mass is 16.4. The molecule has 1 heterocycles. The smallest absolute Gasteiger partial charge is 0.326 e. The second kappa shape index (κ2) is 17.8. The van der Waals surface area contributed by atoms with Crippen molar-refractivity contribution in [1.82, 2.24) is 26.2 Å². The Labute approximate surface area is 254 Å². The summed E-state index contributed by atoms with van der Waals surface area (Å²) >= 11 is 0. The molecule has 43 heavy (non-hydrogen) atoms. The predicted molar refractivity (Wildman–Crippen MR) is 159 cm³/mol. The molecule has 0 unspecified atom stereocenters. The monoisotopic (exact) mass is 612 g/mol. The summed E-state index contributed by atoms with van der Waals surface area (Å²) in [6.45, 7) is 12.0. The maximum Gasteiger partial charge on any atom is 0.326 e. The van der Waals surface area contributed by atoms with Gasteiger partial charge < -0.3 is 42.1 Å². The Hall–Kier alpha value is -3.26. The molecule has 0 bridgehead atoms. The van der Waals surface area contributed by atoms with Crippen LogP contribution in [-0.2, 0) is 28.8 Å². The van der Waals surface area contributed by atoms with Gasteiger partial charge in [-0.05, 0) is 37.5 Å². The third-order valence-corrected chi connectivity index (χ3v) is 8.45. The van der Waals surface area contributed by atoms with Crippen LogP contribution < -0.4 is 27.0 Å². The lowest BCUT2D eigenvalue weighted by Gasteiger charge is -2.33. The molecular weight excluding hydrogens is 560 g/mol. The molecule has 0 aliphatic carbocycles. The Balaban J connectivity index is 3.07. The molecule has 0 spiro atoms. The van der Waals surface area contributed by atoms with Crippen LogP contribution in [0.5, 0.6) is 0 Å². The number of rotatable bonds is 17. The molecule has 0 radical (unpaired) electrons. The Bertz CT molecular complexity index is 992. The van der Waals surface area contributed by atoms with Crippen molar-refractivity contribution in [1.29, 1.82) is 0 Å². The summed E-state index contributed by atoms with van der Waals surface area (Å²) in [7, 11) is 0. The van der Waals surface area contributed by atoms with Crippen LogP contribution in [0.3, 0.4) is 0 Å². The SMILES string of the molecule is CC[C@H](C)[C@H](NC(=O)[C@@H](NC(=O)[C@@H]1CCCN1C(=O)[C@@H](NC(=O)CNC(=O)[C@@H](N)[C@@H](C)O)[C@@H](C)CC)[C@@H](C)CC)C(=O)O. The van der Waals surface area contributed by atoms with Gasteiger partial charge in [0.1, 0.15) is 30.2 Å². The first-order chi connectivity index (χ1) is 20.1. The van der Waals surface area contributed by atoms with E-state index in [9.17, 15) is 39.0 Å². The van der Waals surface area contributed by atoms with Crippen LogP contribution in [0.15, 0.2) is 0 Å². The Morgan fingerprint density at radius 1 is 0.814 bits per heavy atom. The van der Waals surface area contributed by atoms with Crippen LogP contribution in [-0.4, -0.2) is 100 Å². The highest BCUT2D eigenvalue weighted by Crippen LogP contribution is 2.22. The minimum Gasteiger partial charge on any atom is -0.480 e. The fourth-order valence-electron chi connectivity index (χ4n) is 4.77. The van der Waals surface area contributed by atoms with Crippen molar-refractivity contribution >= 4 is 35.5 Å². The maximum atomic E-state index is 13.7. The first-order valence-corrected chi connectivity index (χ1v) is 15.3. The standard InChI is InChI=1S/C29H52N6O8/c1-8-15(4)22(27(40)34-24(29(42)43)17(6)10-3)33-25(38)19-12-11-13-35(19)28(41)23(16(5)9-2)32-20(37)14-31-26(39)21(30)18(7)36/h15-19,21-24,36H,8-14,30H2,1-7H3,(H,31,39)(H,32,37)(H,33,38)(H,34,40)(H,42,43)/t15-,16-,17-,18+,19-,21-,22-,23-,24-/m0/s1. The number of carbonyl (C=O) groups is 6. The van der Waals surface area contributed by atoms with Crippen LogP contribution in [0.4, 0.5) is 0 Å². The van der Waals surface area contributed by atoms with E-state index >= 15 is 0 Å². The third-order valence-electron chi connectivity index (χ3n) is 8.45. The average molecular weight is 613 g/mol. The van der Waals surface area contributed by atoms with Crippen LogP contribution in [0.1, 0.15) is 80.6 Å². The van der Waals surface area contributed by atoms with E-state index in [4.69, 9.17) is 5.73 Å². The second-order valence-corrected chi connectivity index (χ2v) is 11.7. The molecule has 0 saturated carbocycles. The number of likely N-dealkylation sites (tertiary alicyclic amines) is 1. The lowest BCUT2D eigenvalue weighted by Crippen LogP contribution is -2.60. The summed E-state index contributed by atoms with van der Waals surface area (Å²) in [6, 6.07) is -5.20. The molecule has 0 aromatic rings. The van der Waals surface area contributed by atoms with E-state index in [1.165, 1.54) is 11.8 Å². The molecule has 14 heteroatoms. The van der Waals surface area contributed by atoms with Gasteiger partial charge in [0.05, 0.1) is 12.6 Å². The zero-order chi connectivity index (χ0) is 33.0. The molecule has 14 nitrogen and oxygen atoms in total. The highest BCUT2D eigenvalue weighted by molar-refractivity contribution is 5.96. The van der Waals surface area contributed by atoms with E-state index in [1.807, 2.05) is 20.8 Å². The number of amides is 5. The number of carboxylic acids is 1. The molecular formula is C29H52N6O8. The normalized spacial score (nSPS) is 20.4. The van der Waals surface area contributed by atoms with Gasteiger partial charge in [-0.1, -0.05) is 60.8 Å². The highest BCUT2D eigenvalue weighted by Gasteiger charge is 2.41. The molecule has 1 rings (SSSR count). The van der Waals surface area contributed by atoms with Gasteiger partial charge in [-0.25, -0.2) is 4.79 Å². The predicted octanol–water partition coefficient (Wildman–Crippen LogP) is -0.521. The van der Waals surface area contributed by atoms with Crippen LogP contribution in [0.2, 0.25) is 0 Å². The summed E-state index contributed by atoms with van der Waals surface area (Å²) < 4.78 is 0. The van der Waals surface area contributed by atoms with E-state index in [2.05, 4.69) is 21.3 Å². The van der Waals surface area contributed by atoms with Gasteiger partial charge in [-0.15, -0.1) is 0 Å². The van der Waals surface area contributed by atoms with Gasteiger partial charge in [0, 0.05) is 6.54 Å². The number of nitrogens with two attached hydrogens (primary N) is 1. The van der Waals surface area contributed by atoms with E-state index in [0.29, 0.717) is 32.1 Å². The topological polar surface area (TPSA) is 220 Å². The molecule has 0 aromatic carbocycles. The molecule has 0 aromatic heterocycles. The van der Waals surface area contributed by atoms with E-state index in [0.717, 1.165) is 0 Å². The Morgan fingerprint density at radius 3 is 1.86 bits per heavy atom. The third kappa shape index (κ3) is 10.8. The number of aliphatic carboxylic acids is 1. The Morgan fingerprint density at radius 2 is 1.35 bits per heavy atom. The second-order valence-electron chi connectivity index (χ2n) is 11.7. The summed E-state index contributed by atoms with van der Waals surface area (Å²) in [5, 5.41) is 29.4. The number of aliphatic hydroxyl groups excluding tert-OH is 1. The van der Waals surface area contributed by atoms with Crippen molar-refractivity contribution in [3.05, 3.63) is 0 Å². The number of nitrogens with one attached hydrogen (secondary N) is 4. The number of hydrogen-bond acceptors (Lipinski definition) is 8. The average Bonchev–Trinajstić information content (AvgIpc) is 3.47. The first kappa shape index (κ1) is 37.8. The van der Waals surface area contributed by atoms with Gasteiger partial charge in [-0.3, -0.25) is 24.0 Å². The van der Waals surface area contributed by atoms with E-state index < -0.39 is 78.4 Å².